The van der Waals surface area contributed by atoms with Crippen molar-refractivity contribution in [3.8, 4) is 5.92 Å². The van der Waals surface area contributed by atoms with Gasteiger partial charge in [-0.05, 0) is 5.38 Å². The van der Waals surface area contributed by atoms with Gasteiger partial charge in [-0.15, -0.1) is 6.07 Å². The van der Waals surface area contributed by atoms with Gasteiger partial charge in [0, 0.05) is 0 Å². The van der Waals surface area contributed by atoms with Crippen LogP contribution in [0.3, 0.4) is 0 Å². The summed E-state index contributed by atoms with van der Waals surface area (Å²) in [6.45, 7) is 0. The molecule has 0 aromatic carbocycles. The molecular weight excluding hydrogens is 111 g/mol. The van der Waals surface area contributed by atoms with E-state index in [1.807, 2.05) is 17.5 Å². The van der Waals surface area contributed by atoms with Crippen LogP contribution in [-0.2, 0) is 0 Å². The molecule has 1 rings (SSSR count). The summed E-state index contributed by atoms with van der Waals surface area (Å²) in [6, 6.07) is 3.76. The van der Waals surface area contributed by atoms with Crippen LogP contribution in [0.2, 0.25) is 0 Å². The quantitative estimate of drug-likeness (QED) is 0.223. The molecule has 0 aliphatic heterocycles. The van der Waals surface area contributed by atoms with Gasteiger partial charge in [-0.3, -0.25) is 5.92 Å². The van der Waals surface area contributed by atoms with Gasteiger partial charge in [0.15, 0.2) is 0 Å². The molecule has 0 radical (unpaired) electrons. The normalized spacial score (nSPS) is 6.88. The minimum Gasteiger partial charge on any atom is -0.365 e. The average Bonchev–Trinajstić information content (AvgIpc) is 2.14. The van der Waals surface area contributed by atoms with Gasteiger partial charge in [0.1, 0.15) is 0 Å². The van der Waals surface area contributed by atoms with Gasteiger partial charge in [-0.1, -0.05) is 10.9 Å². The molecule has 0 saturated heterocycles. The van der Waals surface area contributed by atoms with Gasteiger partial charge >= 0.3 is 18.9 Å². The molecule has 0 amide bonds. The molecule has 0 nitrogen and oxygen atoms in total. The van der Waals surface area contributed by atoms with E-state index < -0.39 is 0 Å². The largest absolute Gasteiger partial charge is 1.00 e. The number of hydrogen-bond acceptors (Lipinski definition) is 1. The molecule has 0 bridgehead atoms. The SMILES string of the molecule is [C-]#Cc1cccs1.[Li+]. The molecule has 0 fully saturated rings. The maximum atomic E-state index is 6.62. The third-order valence-electron chi connectivity index (χ3n) is 0.644. The van der Waals surface area contributed by atoms with E-state index >= 15 is 0 Å². The third-order valence-corrected chi connectivity index (χ3v) is 1.43. The Morgan fingerprint density at radius 2 is 2.38 bits per heavy atom. The summed E-state index contributed by atoms with van der Waals surface area (Å²) >= 11 is 1.52. The maximum absolute atomic E-state index is 6.62. The fourth-order valence-corrected chi connectivity index (χ4v) is 0.869. The zero-order chi connectivity index (χ0) is 5.11. The van der Waals surface area contributed by atoms with Crippen LogP contribution in [0.5, 0.6) is 0 Å². The second-order valence-corrected chi connectivity index (χ2v) is 2.05. The van der Waals surface area contributed by atoms with Crippen molar-refractivity contribution in [1.82, 2.24) is 0 Å². The molecule has 0 saturated carbocycles. The Labute approximate surface area is 65.1 Å². The first kappa shape index (κ1) is 7.86. The number of rotatable bonds is 0. The van der Waals surface area contributed by atoms with Crippen molar-refractivity contribution in [2.45, 2.75) is 0 Å². The van der Waals surface area contributed by atoms with Gasteiger partial charge in [-0.2, -0.15) is 0 Å². The van der Waals surface area contributed by atoms with Crippen LogP contribution in [0, 0.1) is 12.3 Å². The molecule has 0 atom stereocenters. The van der Waals surface area contributed by atoms with Crippen LogP contribution in [0.25, 0.3) is 0 Å². The molecule has 34 valence electrons. The van der Waals surface area contributed by atoms with Crippen molar-refractivity contribution in [2.75, 3.05) is 0 Å². The summed E-state index contributed by atoms with van der Waals surface area (Å²) in [5.41, 5.74) is 0. The van der Waals surface area contributed by atoms with E-state index in [1.54, 1.807) is 0 Å². The molecule has 0 N–H and O–H groups in total. The van der Waals surface area contributed by atoms with Gasteiger partial charge in [-0.25, -0.2) is 11.3 Å². The van der Waals surface area contributed by atoms with E-state index in [0.29, 0.717) is 0 Å². The predicted molar refractivity (Wildman–Crippen MR) is 30.6 cm³/mol. The summed E-state index contributed by atoms with van der Waals surface area (Å²) < 4.78 is 0. The molecule has 0 aliphatic carbocycles. The Bertz CT molecular complexity index is 171. The Kier molecular flexibility index (Phi) is 3.74. The van der Waals surface area contributed by atoms with E-state index in [9.17, 15) is 0 Å². The summed E-state index contributed by atoms with van der Waals surface area (Å²) in [7, 11) is 0. The van der Waals surface area contributed by atoms with Gasteiger partial charge in [0.2, 0.25) is 0 Å². The van der Waals surface area contributed by atoms with E-state index in [4.69, 9.17) is 6.42 Å². The van der Waals surface area contributed by atoms with Gasteiger partial charge in [0.05, 0.1) is 0 Å². The Morgan fingerprint density at radius 3 is 2.62 bits per heavy atom. The third kappa shape index (κ3) is 1.76. The Hall–Kier alpha value is -0.143. The summed E-state index contributed by atoms with van der Waals surface area (Å²) in [6.07, 6.45) is 6.62. The zero-order valence-electron chi connectivity index (χ0n) is 4.64. The van der Waals surface area contributed by atoms with Crippen molar-refractivity contribution in [3.05, 3.63) is 28.8 Å². The molecule has 2 heteroatoms. The molecule has 8 heavy (non-hydrogen) atoms. The van der Waals surface area contributed by atoms with Crippen molar-refractivity contribution in [1.29, 1.82) is 0 Å². The van der Waals surface area contributed by atoms with E-state index in [1.165, 1.54) is 11.3 Å². The maximum Gasteiger partial charge on any atom is 1.00 e. The van der Waals surface area contributed by atoms with Crippen LogP contribution in [-0.4, -0.2) is 0 Å². The monoisotopic (exact) mass is 114 g/mol. The van der Waals surface area contributed by atoms with Crippen LogP contribution in [0.1, 0.15) is 4.88 Å². The first-order valence-corrected chi connectivity index (χ1v) is 2.77. The predicted octanol–water partition coefficient (Wildman–Crippen LogP) is -1.31. The van der Waals surface area contributed by atoms with Gasteiger partial charge in [0.25, 0.3) is 0 Å². The van der Waals surface area contributed by atoms with Crippen molar-refractivity contribution < 1.29 is 18.9 Å². The van der Waals surface area contributed by atoms with Crippen molar-refractivity contribution in [3.63, 3.8) is 0 Å². The van der Waals surface area contributed by atoms with Crippen LogP contribution >= 0.6 is 11.3 Å². The van der Waals surface area contributed by atoms with Crippen LogP contribution in [0.4, 0.5) is 0 Å². The van der Waals surface area contributed by atoms with Crippen LogP contribution in [0.15, 0.2) is 17.5 Å². The summed E-state index contributed by atoms with van der Waals surface area (Å²) in [5.74, 6) is 2.28. The van der Waals surface area contributed by atoms with Crippen LogP contribution < -0.4 is 18.9 Å². The average molecular weight is 114 g/mol. The molecule has 1 aromatic rings. The van der Waals surface area contributed by atoms with E-state index in [2.05, 4.69) is 5.92 Å². The first-order chi connectivity index (χ1) is 3.43. The van der Waals surface area contributed by atoms with Crippen molar-refractivity contribution in [2.24, 2.45) is 0 Å². The van der Waals surface area contributed by atoms with Gasteiger partial charge < -0.3 is 6.42 Å². The topological polar surface area (TPSA) is 0 Å². The first-order valence-electron chi connectivity index (χ1n) is 1.90. The van der Waals surface area contributed by atoms with E-state index in [-0.39, 0.29) is 18.9 Å². The minimum atomic E-state index is 0. The second kappa shape index (κ2) is 3.81. The van der Waals surface area contributed by atoms with Crippen molar-refractivity contribution >= 4 is 11.3 Å². The Balaban J connectivity index is 0.000000490. The second-order valence-electron chi connectivity index (χ2n) is 1.10. The molecular formula is C6H3LiS. The summed E-state index contributed by atoms with van der Waals surface area (Å²) in [4.78, 5) is 0.889. The Morgan fingerprint density at radius 1 is 1.62 bits per heavy atom. The molecule has 1 aromatic heterocycles. The standard InChI is InChI=1S/C6H3S.Li/c1-2-6-4-3-5-7-6;/h3-5H;/q-1;+1. The smallest absolute Gasteiger partial charge is 0.365 e. The molecule has 0 aliphatic rings. The number of thiophene rings is 1. The molecule has 0 spiro atoms. The zero-order valence-corrected chi connectivity index (χ0v) is 5.46. The molecule has 1 heterocycles. The summed E-state index contributed by atoms with van der Waals surface area (Å²) in [5, 5.41) is 1.93. The fraction of sp³-hybridized carbons (Fsp3) is 0. The fourth-order valence-electron chi connectivity index (χ4n) is 0.350. The molecule has 0 unspecified atom stereocenters. The minimum absolute atomic E-state index is 0. The number of hydrogen-bond donors (Lipinski definition) is 0. The van der Waals surface area contributed by atoms with E-state index in [0.717, 1.165) is 4.88 Å².